The second kappa shape index (κ2) is 0.977. The van der Waals surface area contributed by atoms with Gasteiger partial charge in [-0.25, -0.2) is 0 Å². The summed E-state index contributed by atoms with van der Waals surface area (Å²) in [5, 5.41) is 0. The highest BCUT2D eigenvalue weighted by molar-refractivity contribution is 4.58. The average Bonchev–Trinajstić information content (AvgIpc) is 0.722. The fourth-order valence-electron chi connectivity index (χ4n) is 0. The maximum atomic E-state index is 8.52. The van der Waals surface area contributed by atoms with Gasteiger partial charge < -0.3 is 0 Å². The van der Waals surface area contributed by atoms with Crippen molar-refractivity contribution in [3.63, 3.8) is 0 Å². The van der Waals surface area contributed by atoms with Crippen LogP contribution in [0.15, 0.2) is 0 Å². The van der Waals surface area contributed by atoms with E-state index in [1.807, 2.05) is 0 Å². The molecule has 1 heteroatoms. The van der Waals surface area contributed by atoms with Gasteiger partial charge in [0.1, 0.15) is 0 Å². The van der Waals surface area contributed by atoms with Crippen LogP contribution in [0.25, 0.3) is 0 Å². The third-order valence-electron chi connectivity index (χ3n) is 0. The fourth-order valence-corrected chi connectivity index (χ4v) is 0. The predicted octanol–water partition coefficient (Wildman–Crippen LogP) is 0.854. The van der Waals surface area contributed by atoms with E-state index in [2.05, 4.69) is 0 Å². The number of hydrogen-bond donors (Lipinski definition) is 0. The molecular formula is C4H9N. The molecule has 0 heterocycles. The lowest BCUT2D eigenvalue weighted by atomic mass is 10.1. The largest absolute Gasteiger partial charge is 0.138 e. The summed E-state index contributed by atoms with van der Waals surface area (Å²) >= 11 is 0. The van der Waals surface area contributed by atoms with Gasteiger partial charge in [0.05, 0.1) is 0 Å². The van der Waals surface area contributed by atoms with Gasteiger partial charge >= 0.3 is 0 Å². The summed E-state index contributed by atoms with van der Waals surface area (Å²) in [6.45, 7) is 5.23. The zero-order valence-electron chi connectivity index (χ0n) is 3.95. The van der Waals surface area contributed by atoms with Crippen molar-refractivity contribution >= 4 is 0 Å². The summed E-state index contributed by atoms with van der Waals surface area (Å²) in [5.74, 6) is 0. The van der Waals surface area contributed by atoms with E-state index in [-0.39, 0.29) is 0 Å². The zero-order valence-corrected chi connectivity index (χ0v) is 3.95. The van der Waals surface area contributed by atoms with Crippen molar-refractivity contribution in [3.8, 4) is 0 Å². The number of hydrogen-bond acceptors (Lipinski definition) is 0. The van der Waals surface area contributed by atoms with Gasteiger partial charge in [0.2, 0.25) is 0 Å². The Hall–Kier alpha value is -0.0400. The Morgan fingerprint density at radius 2 is 1.20 bits per heavy atom. The molecule has 0 unspecified atom stereocenters. The molecule has 0 N–H and O–H groups in total. The molecule has 0 aromatic heterocycles. The van der Waals surface area contributed by atoms with E-state index in [4.69, 9.17) is 5.73 Å². The van der Waals surface area contributed by atoms with Gasteiger partial charge in [0, 0.05) is 5.54 Å². The Balaban J connectivity index is 3.02. The highest BCUT2D eigenvalue weighted by Crippen LogP contribution is 1.91. The molecular weight excluding hydrogens is 62.1 g/mol. The summed E-state index contributed by atoms with van der Waals surface area (Å²) in [7, 11) is 0. The standard InChI is InChI=1S/C4H9N/c1-4(2,3)5/h1-3H3. The van der Waals surface area contributed by atoms with Crippen LogP contribution in [0, 0.1) is 0 Å². The normalized spacial score (nSPS) is 12.0. The van der Waals surface area contributed by atoms with Crippen molar-refractivity contribution in [2.24, 2.45) is 0 Å². The highest BCUT2D eigenvalue weighted by Gasteiger charge is 1.99. The molecule has 1 nitrogen and oxygen atoms in total. The van der Waals surface area contributed by atoms with Crippen molar-refractivity contribution in [2.45, 2.75) is 26.3 Å². The van der Waals surface area contributed by atoms with Crippen LogP contribution in [0.5, 0.6) is 0 Å². The molecule has 0 aliphatic carbocycles. The van der Waals surface area contributed by atoms with Crippen molar-refractivity contribution in [1.82, 2.24) is 5.73 Å². The molecule has 0 bridgehead atoms. The Kier molecular flexibility index (Phi) is 0.969. The Bertz CT molecular complexity index is 19.1. The molecule has 30 valence electrons. The molecule has 0 saturated heterocycles. The van der Waals surface area contributed by atoms with Gasteiger partial charge in [-0.05, 0) is 20.8 Å². The molecule has 0 aliphatic heterocycles. The van der Waals surface area contributed by atoms with Gasteiger partial charge in [0.15, 0.2) is 0 Å². The third kappa shape index (κ3) is 9510. The molecule has 0 spiro atoms. The van der Waals surface area contributed by atoms with E-state index in [1.165, 1.54) is 0 Å². The molecule has 2 radical (unpaired) electrons. The van der Waals surface area contributed by atoms with Gasteiger partial charge in [0.25, 0.3) is 0 Å². The first-order valence-electron chi connectivity index (χ1n) is 1.72. The van der Waals surface area contributed by atoms with Crippen LogP contribution in [-0.2, 0) is 0 Å². The van der Waals surface area contributed by atoms with E-state index < -0.39 is 5.54 Å². The molecule has 0 aliphatic rings. The lowest BCUT2D eigenvalue weighted by molar-refractivity contribution is 0.558. The second-order valence-electron chi connectivity index (χ2n) is 2.17. The lowest BCUT2D eigenvalue weighted by Gasteiger charge is -2.01. The Morgan fingerprint density at radius 3 is 1.20 bits per heavy atom. The van der Waals surface area contributed by atoms with Gasteiger partial charge in [-0.1, -0.05) is 0 Å². The van der Waals surface area contributed by atoms with E-state index in [9.17, 15) is 0 Å². The highest BCUT2D eigenvalue weighted by atomic mass is 14.7. The Labute approximate surface area is 33.2 Å². The van der Waals surface area contributed by atoms with Crippen LogP contribution in [-0.4, -0.2) is 5.54 Å². The summed E-state index contributed by atoms with van der Waals surface area (Å²) in [4.78, 5) is 0. The molecule has 0 atom stereocenters. The summed E-state index contributed by atoms with van der Waals surface area (Å²) in [6, 6.07) is 0. The molecule has 0 aromatic carbocycles. The first-order valence-corrected chi connectivity index (χ1v) is 1.72. The van der Waals surface area contributed by atoms with E-state index in [0.29, 0.717) is 0 Å². The summed E-state index contributed by atoms with van der Waals surface area (Å²) < 4.78 is 0. The lowest BCUT2D eigenvalue weighted by Crippen LogP contribution is -2.13. The molecule has 5 heavy (non-hydrogen) atoms. The minimum Gasteiger partial charge on any atom is -0.138 e. The molecule has 0 fully saturated rings. The summed E-state index contributed by atoms with van der Waals surface area (Å²) in [5.41, 5.74) is 8.02. The SMILES string of the molecule is CC(C)(C)[N]. The molecule has 0 amide bonds. The monoisotopic (exact) mass is 71.1 g/mol. The van der Waals surface area contributed by atoms with Crippen LogP contribution >= 0.6 is 0 Å². The molecule has 0 saturated carbocycles. The number of nitrogens with zero attached hydrogens (tertiary/aromatic N) is 1. The fraction of sp³-hybridized carbons (Fsp3) is 1.00. The maximum Gasteiger partial charge on any atom is 0.0459 e. The molecule has 0 aromatic rings. The first kappa shape index (κ1) is 4.96. The van der Waals surface area contributed by atoms with Crippen LogP contribution in [0.3, 0.4) is 0 Å². The van der Waals surface area contributed by atoms with E-state index in [1.54, 1.807) is 20.8 Å². The summed E-state index contributed by atoms with van der Waals surface area (Å²) in [6.07, 6.45) is 0. The Morgan fingerprint density at radius 1 is 1.20 bits per heavy atom. The van der Waals surface area contributed by atoms with Crippen molar-refractivity contribution < 1.29 is 0 Å². The van der Waals surface area contributed by atoms with Crippen LogP contribution in [0.1, 0.15) is 20.8 Å². The second-order valence-corrected chi connectivity index (χ2v) is 2.17. The van der Waals surface area contributed by atoms with Crippen molar-refractivity contribution in [2.75, 3.05) is 0 Å². The van der Waals surface area contributed by atoms with Crippen LogP contribution < -0.4 is 5.73 Å². The minimum atomic E-state index is -0.500. The van der Waals surface area contributed by atoms with Crippen molar-refractivity contribution in [1.29, 1.82) is 0 Å². The third-order valence-corrected chi connectivity index (χ3v) is 0. The predicted molar refractivity (Wildman–Crippen MR) is 21.9 cm³/mol. The first-order chi connectivity index (χ1) is 2.00. The van der Waals surface area contributed by atoms with Gasteiger partial charge in [-0.3, -0.25) is 0 Å². The van der Waals surface area contributed by atoms with Crippen molar-refractivity contribution in [3.05, 3.63) is 0 Å². The average molecular weight is 71.1 g/mol. The molecule has 0 rings (SSSR count). The van der Waals surface area contributed by atoms with E-state index >= 15 is 0 Å². The zero-order chi connectivity index (χ0) is 4.50. The van der Waals surface area contributed by atoms with E-state index in [0.717, 1.165) is 0 Å². The van der Waals surface area contributed by atoms with Gasteiger partial charge in [-0.2, -0.15) is 0 Å². The quantitative estimate of drug-likeness (QED) is 0.404. The maximum absolute atomic E-state index is 8.52. The topological polar surface area (TPSA) is 22.3 Å². The smallest absolute Gasteiger partial charge is 0.0459 e. The van der Waals surface area contributed by atoms with Gasteiger partial charge in [-0.15, -0.1) is 5.73 Å². The number of rotatable bonds is 0. The van der Waals surface area contributed by atoms with Crippen LogP contribution in [0.2, 0.25) is 0 Å². The minimum absolute atomic E-state index is 0.500. The van der Waals surface area contributed by atoms with Crippen LogP contribution in [0.4, 0.5) is 0 Å².